The molecule has 1 amide bonds. The van der Waals surface area contributed by atoms with Gasteiger partial charge in [0.05, 0.1) is 10.6 Å². The van der Waals surface area contributed by atoms with Crippen LogP contribution < -0.4 is 5.73 Å². The number of carbonyl (C=O) groups excluding carboxylic acids is 1. The predicted octanol–water partition coefficient (Wildman–Crippen LogP) is 4.11. The molecule has 1 aromatic carbocycles. The fraction of sp³-hybridized carbons (Fsp3) is 0.300. The zero-order chi connectivity index (χ0) is 18.5. The summed E-state index contributed by atoms with van der Waals surface area (Å²) in [7, 11) is 1.83. The molecule has 27 heavy (non-hydrogen) atoms. The Morgan fingerprint density at radius 1 is 1.26 bits per heavy atom. The lowest BCUT2D eigenvalue weighted by Gasteiger charge is -2.17. The molecule has 1 atom stereocenters. The molecule has 0 radical (unpaired) electrons. The number of benzene rings is 1. The first kappa shape index (κ1) is 21.2. The number of hydrogen-bond donors (Lipinski definition) is 1. The molecule has 7 heteroatoms. The SMILES string of the molecule is CC(N)CCC(=O)N(C)Cc1cn(-c2ccccc2)nc1-c1cccs1.Cl. The molecule has 2 heterocycles. The first-order valence-corrected chi connectivity index (χ1v) is 9.60. The average Bonchev–Trinajstić information content (AvgIpc) is 3.29. The van der Waals surface area contributed by atoms with Crippen LogP contribution in [0.5, 0.6) is 0 Å². The van der Waals surface area contributed by atoms with Gasteiger partial charge in [0, 0.05) is 37.8 Å². The molecule has 0 aliphatic heterocycles. The highest BCUT2D eigenvalue weighted by Gasteiger charge is 2.17. The number of carbonyl (C=O) groups is 1. The molecular weight excluding hydrogens is 380 g/mol. The number of amides is 1. The van der Waals surface area contributed by atoms with E-state index in [-0.39, 0.29) is 24.4 Å². The smallest absolute Gasteiger partial charge is 0.222 e. The van der Waals surface area contributed by atoms with Crippen LogP contribution in [-0.2, 0) is 11.3 Å². The van der Waals surface area contributed by atoms with Gasteiger partial charge in [-0.2, -0.15) is 5.10 Å². The summed E-state index contributed by atoms with van der Waals surface area (Å²) in [6, 6.07) is 14.1. The van der Waals surface area contributed by atoms with E-state index in [1.807, 2.05) is 66.6 Å². The van der Waals surface area contributed by atoms with Crippen molar-refractivity contribution in [2.45, 2.75) is 32.4 Å². The number of thiophene rings is 1. The molecule has 3 aromatic rings. The Kier molecular flexibility index (Phi) is 7.59. The Balaban J connectivity index is 0.00000261. The van der Waals surface area contributed by atoms with Gasteiger partial charge in [-0.25, -0.2) is 4.68 Å². The fourth-order valence-electron chi connectivity index (χ4n) is 2.74. The minimum absolute atomic E-state index is 0. The highest BCUT2D eigenvalue weighted by Crippen LogP contribution is 2.28. The number of halogens is 1. The van der Waals surface area contributed by atoms with Crippen molar-refractivity contribution in [3.63, 3.8) is 0 Å². The summed E-state index contributed by atoms with van der Waals surface area (Å²) in [5.41, 5.74) is 8.73. The third-order valence-electron chi connectivity index (χ3n) is 4.21. The van der Waals surface area contributed by atoms with Crippen molar-refractivity contribution < 1.29 is 4.79 Å². The van der Waals surface area contributed by atoms with Crippen LogP contribution in [0.15, 0.2) is 54.0 Å². The van der Waals surface area contributed by atoms with Gasteiger partial charge in [-0.15, -0.1) is 23.7 Å². The van der Waals surface area contributed by atoms with Crippen LogP contribution in [0.4, 0.5) is 0 Å². The van der Waals surface area contributed by atoms with Crippen molar-refractivity contribution in [3.8, 4) is 16.3 Å². The zero-order valence-corrected chi connectivity index (χ0v) is 17.2. The van der Waals surface area contributed by atoms with E-state index in [1.165, 1.54) is 0 Å². The second kappa shape index (κ2) is 9.69. The summed E-state index contributed by atoms with van der Waals surface area (Å²) in [5, 5.41) is 6.82. The lowest BCUT2D eigenvalue weighted by molar-refractivity contribution is -0.130. The van der Waals surface area contributed by atoms with Crippen LogP contribution >= 0.6 is 23.7 Å². The molecule has 0 spiro atoms. The van der Waals surface area contributed by atoms with Gasteiger partial charge in [0.25, 0.3) is 0 Å². The Morgan fingerprint density at radius 3 is 2.63 bits per heavy atom. The Morgan fingerprint density at radius 2 is 2.00 bits per heavy atom. The van der Waals surface area contributed by atoms with Gasteiger partial charge in [0.2, 0.25) is 5.91 Å². The third-order valence-corrected chi connectivity index (χ3v) is 5.09. The molecule has 2 aromatic heterocycles. The van der Waals surface area contributed by atoms with E-state index >= 15 is 0 Å². The van der Waals surface area contributed by atoms with E-state index in [1.54, 1.807) is 16.2 Å². The summed E-state index contributed by atoms with van der Waals surface area (Å²) in [6.45, 7) is 2.45. The molecule has 1 unspecified atom stereocenters. The number of nitrogens with zero attached hydrogens (tertiary/aromatic N) is 3. The van der Waals surface area contributed by atoms with Crippen molar-refractivity contribution >= 4 is 29.7 Å². The molecule has 2 N–H and O–H groups in total. The first-order valence-electron chi connectivity index (χ1n) is 8.72. The summed E-state index contributed by atoms with van der Waals surface area (Å²) < 4.78 is 1.88. The Hall–Kier alpha value is -2.15. The van der Waals surface area contributed by atoms with Gasteiger partial charge >= 0.3 is 0 Å². The fourth-order valence-corrected chi connectivity index (χ4v) is 3.49. The number of rotatable bonds is 7. The van der Waals surface area contributed by atoms with Gasteiger partial charge in [-0.1, -0.05) is 24.3 Å². The molecule has 0 saturated heterocycles. The van der Waals surface area contributed by atoms with E-state index in [2.05, 4.69) is 6.07 Å². The first-order chi connectivity index (χ1) is 12.5. The van der Waals surface area contributed by atoms with E-state index < -0.39 is 0 Å². The van der Waals surface area contributed by atoms with Gasteiger partial charge in [-0.3, -0.25) is 4.79 Å². The van der Waals surface area contributed by atoms with Crippen LogP contribution in [0, 0.1) is 0 Å². The molecule has 144 valence electrons. The standard InChI is InChI=1S/C20H24N4OS.ClH/c1-15(21)10-11-19(25)23(2)13-16-14-24(17-7-4-3-5-8-17)22-20(16)18-9-6-12-26-18;/h3-9,12,14-15H,10-11,13,21H2,1-2H3;1H. The monoisotopic (exact) mass is 404 g/mol. The van der Waals surface area contributed by atoms with Gasteiger partial charge in [-0.05, 0) is 36.9 Å². The second-order valence-corrected chi connectivity index (χ2v) is 7.47. The van der Waals surface area contributed by atoms with Crippen molar-refractivity contribution in [1.82, 2.24) is 14.7 Å². The molecule has 0 bridgehead atoms. The largest absolute Gasteiger partial charge is 0.341 e. The van der Waals surface area contributed by atoms with Crippen LogP contribution in [0.1, 0.15) is 25.3 Å². The topological polar surface area (TPSA) is 64.2 Å². The maximum absolute atomic E-state index is 12.4. The Bertz CT molecular complexity index is 846. The van der Waals surface area contributed by atoms with Crippen molar-refractivity contribution in [2.24, 2.45) is 5.73 Å². The van der Waals surface area contributed by atoms with Crippen LogP contribution in [0.25, 0.3) is 16.3 Å². The number of hydrogen-bond acceptors (Lipinski definition) is 4. The van der Waals surface area contributed by atoms with Crippen molar-refractivity contribution in [2.75, 3.05) is 7.05 Å². The molecular formula is C20H25ClN4OS. The molecule has 5 nitrogen and oxygen atoms in total. The highest BCUT2D eigenvalue weighted by atomic mass is 35.5. The zero-order valence-electron chi connectivity index (χ0n) is 15.5. The van der Waals surface area contributed by atoms with E-state index in [0.29, 0.717) is 19.4 Å². The van der Waals surface area contributed by atoms with E-state index in [0.717, 1.165) is 21.8 Å². The highest BCUT2D eigenvalue weighted by molar-refractivity contribution is 7.13. The molecule has 0 saturated carbocycles. The molecule has 0 aliphatic rings. The van der Waals surface area contributed by atoms with Crippen LogP contribution in [-0.4, -0.2) is 33.7 Å². The molecule has 0 aliphatic carbocycles. The lowest BCUT2D eigenvalue weighted by Crippen LogP contribution is -2.28. The maximum atomic E-state index is 12.4. The minimum Gasteiger partial charge on any atom is -0.341 e. The maximum Gasteiger partial charge on any atom is 0.222 e. The normalized spacial score (nSPS) is 11.7. The van der Waals surface area contributed by atoms with Crippen LogP contribution in [0.3, 0.4) is 0 Å². The van der Waals surface area contributed by atoms with Crippen molar-refractivity contribution in [3.05, 3.63) is 59.6 Å². The predicted molar refractivity (Wildman–Crippen MR) is 113 cm³/mol. The Labute approximate surface area is 170 Å². The van der Waals surface area contributed by atoms with E-state index in [9.17, 15) is 4.79 Å². The molecule has 0 fully saturated rings. The van der Waals surface area contributed by atoms with Gasteiger partial charge < -0.3 is 10.6 Å². The quantitative estimate of drug-likeness (QED) is 0.644. The summed E-state index contributed by atoms with van der Waals surface area (Å²) in [5.74, 6) is 0.104. The number of nitrogens with two attached hydrogens (primary N) is 1. The van der Waals surface area contributed by atoms with Crippen molar-refractivity contribution in [1.29, 1.82) is 0 Å². The van der Waals surface area contributed by atoms with E-state index in [4.69, 9.17) is 10.8 Å². The van der Waals surface area contributed by atoms with Crippen LogP contribution in [0.2, 0.25) is 0 Å². The minimum atomic E-state index is 0. The second-order valence-electron chi connectivity index (χ2n) is 6.53. The number of aromatic nitrogens is 2. The third kappa shape index (κ3) is 5.42. The molecule has 3 rings (SSSR count). The number of para-hydroxylation sites is 1. The summed E-state index contributed by atoms with van der Waals surface area (Å²) in [4.78, 5) is 15.2. The van der Waals surface area contributed by atoms with Gasteiger partial charge in [0.15, 0.2) is 0 Å². The summed E-state index contributed by atoms with van der Waals surface area (Å²) >= 11 is 1.65. The average molecular weight is 405 g/mol. The lowest BCUT2D eigenvalue weighted by atomic mass is 10.1. The summed E-state index contributed by atoms with van der Waals surface area (Å²) in [6.07, 6.45) is 3.18. The van der Waals surface area contributed by atoms with Gasteiger partial charge in [0.1, 0.15) is 5.69 Å².